The van der Waals surface area contributed by atoms with Crippen LogP contribution in [0.3, 0.4) is 0 Å². The summed E-state index contributed by atoms with van der Waals surface area (Å²) >= 11 is 5.73. The monoisotopic (exact) mass is 241 g/mol. The number of imidazole rings is 1. The van der Waals surface area contributed by atoms with Crippen molar-refractivity contribution in [1.29, 1.82) is 0 Å². The standard InChI is InChI=1S/C9H12ClN5O/c10-9-13-7(11)6-8(14-9)15(5-12-6)3-1-2-4-16/h5,16H,1-4H2,(H2,11,13,14). The fraction of sp³-hybridized carbons (Fsp3) is 0.444. The quantitative estimate of drug-likeness (QED) is 0.611. The third-order valence-corrected chi connectivity index (χ3v) is 2.44. The summed E-state index contributed by atoms with van der Waals surface area (Å²) in [5.74, 6) is 0.288. The largest absolute Gasteiger partial charge is 0.396 e. The smallest absolute Gasteiger partial charge is 0.226 e. The molecule has 7 heteroatoms. The van der Waals surface area contributed by atoms with Gasteiger partial charge in [-0.2, -0.15) is 9.97 Å². The van der Waals surface area contributed by atoms with Crippen molar-refractivity contribution < 1.29 is 5.11 Å². The Morgan fingerprint density at radius 2 is 2.19 bits per heavy atom. The second kappa shape index (κ2) is 4.63. The van der Waals surface area contributed by atoms with Crippen LogP contribution >= 0.6 is 11.6 Å². The number of nitrogens with zero attached hydrogens (tertiary/aromatic N) is 4. The molecule has 0 bridgehead atoms. The van der Waals surface area contributed by atoms with E-state index in [-0.39, 0.29) is 17.7 Å². The molecule has 0 aliphatic heterocycles. The Morgan fingerprint density at radius 3 is 2.94 bits per heavy atom. The first-order chi connectivity index (χ1) is 7.72. The van der Waals surface area contributed by atoms with Crippen molar-refractivity contribution in [3.05, 3.63) is 11.6 Å². The first-order valence-corrected chi connectivity index (χ1v) is 5.35. The second-order valence-corrected chi connectivity index (χ2v) is 3.76. The van der Waals surface area contributed by atoms with E-state index in [9.17, 15) is 0 Å². The second-order valence-electron chi connectivity index (χ2n) is 3.42. The molecule has 0 radical (unpaired) electrons. The zero-order chi connectivity index (χ0) is 11.5. The van der Waals surface area contributed by atoms with E-state index >= 15 is 0 Å². The van der Waals surface area contributed by atoms with Crippen LogP contribution in [0.4, 0.5) is 5.82 Å². The molecule has 86 valence electrons. The minimum absolute atomic E-state index is 0.119. The Bertz CT molecular complexity index is 498. The number of aromatic nitrogens is 4. The van der Waals surface area contributed by atoms with Crippen LogP contribution in [0.15, 0.2) is 6.33 Å². The number of unbranched alkanes of at least 4 members (excludes halogenated alkanes) is 1. The van der Waals surface area contributed by atoms with E-state index in [1.165, 1.54) is 0 Å². The average molecular weight is 242 g/mol. The molecule has 3 N–H and O–H groups in total. The number of rotatable bonds is 4. The molecule has 0 saturated carbocycles. The summed E-state index contributed by atoms with van der Waals surface area (Å²) in [4.78, 5) is 12.0. The summed E-state index contributed by atoms with van der Waals surface area (Å²) in [5.41, 5.74) is 6.87. The highest BCUT2D eigenvalue weighted by molar-refractivity contribution is 6.28. The van der Waals surface area contributed by atoms with E-state index in [0.717, 1.165) is 19.4 Å². The molecule has 0 saturated heterocycles. The first-order valence-electron chi connectivity index (χ1n) is 4.97. The maximum Gasteiger partial charge on any atom is 0.226 e. The molecule has 0 spiro atoms. The van der Waals surface area contributed by atoms with Crippen molar-refractivity contribution in [3.63, 3.8) is 0 Å². The average Bonchev–Trinajstić information content (AvgIpc) is 2.62. The molecule has 0 aliphatic rings. The zero-order valence-electron chi connectivity index (χ0n) is 8.60. The summed E-state index contributed by atoms with van der Waals surface area (Å²) in [5, 5.41) is 8.82. The van der Waals surface area contributed by atoms with Crippen LogP contribution in [0.25, 0.3) is 11.2 Å². The minimum atomic E-state index is 0.119. The molecular formula is C9H12ClN5O. The maximum atomic E-state index is 8.70. The fourth-order valence-electron chi connectivity index (χ4n) is 1.50. The normalized spacial score (nSPS) is 11.1. The van der Waals surface area contributed by atoms with Gasteiger partial charge in [0.2, 0.25) is 5.28 Å². The van der Waals surface area contributed by atoms with Crippen LogP contribution in [0.1, 0.15) is 12.8 Å². The summed E-state index contributed by atoms with van der Waals surface area (Å²) in [6.07, 6.45) is 3.25. The van der Waals surface area contributed by atoms with E-state index in [4.69, 9.17) is 22.4 Å². The van der Waals surface area contributed by atoms with Crippen molar-refractivity contribution in [2.75, 3.05) is 12.3 Å². The van der Waals surface area contributed by atoms with Gasteiger partial charge < -0.3 is 15.4 Å². The molecule has 0 atom stereocenters. The first kappa shape index (κ1) is 11.1. The predicted octanol–water partition coefficient (Wildman–Crippen LogP) is 0.834. The van der Waals surface area contributed by atoms with Gasteiger partial charge in [-0.05, 0) is 24.4 Å². The highest BCUT2D eigenvalue weighted by Crippen LogP contribution is 2.18. The summed E-state index contributed by atoms with van der Waals surface area (Å²) in [6, 6.07) is 0. The van der Waals surface area contributed by atoms with E-state index in [1.54, 1.807) is 6.33 Å². The minimum Gasteiger partial charge on any atom is -0.396 e. The molecule has 16 heavy (non-hydrogen) atoms. The topological polar surface area (TPSA) is 89.9 Å². The third-order valence-electron chi connectivity index (χ3n) is 2.27. The van der Waals surface area contributed by atoms with Gasteiger partial charge in [-0.3, -0.25) is 0 Å². The number of hydrogen-bond donors (Lipinski definition) is 2. The number of hydrogen-bond acceptors (Lipinski definition) is 5. The Balaban J connectivity index is 2.32. The summed E-state index contributed by atoms with van der Waals surface area (Å²) in [7, 11) is 0. The van der Waals surface area contributed by atoms with Crippen LogP contribution in [0.2, 0.25) is 5.28 Å². The number of anilines is 1. The number of halogens is 1. The number of aryl methyl sites for hydroxylation is 1. The molecule has 2 rings (SSSR count). The van der Waals surface area contributed by atoms with Gasteiger partial charge in [0.05, 0.1) is 6.33 Å². The van der Waals surface area contributed by atoms with E-state index in [0.29, 0.717) is 11.2 Å². The highest BCUT2D eigenvalue weighted by atomic mass is 35.5. The number of nitrogens with two attached hydrogens (primary N) is 1. The van der Waals surface area contributed by atoms with Gasteiger partial charge in [0.1, 0.15) is 5.52 Å². The molecule has 0 aromatic carbocycles. The number of aliphatic hydroxyl groups excluding tert-OH is 1. The molecule has 2 aromatic heterocycles. The molecule has 0 aliphatic carbocycles. The van der Waals surface area contributed by atoms with Crippen molar-refractivity contribution in [1.82, 2.24) is 19.5 Å². The van der Waals surface area contributed by atoms with Gasteiger partial charge in [-0.25, -0.2) is 4.98 Å². The lowest BCUT2D eigenvalue weighted by molar-refractivity contribution is 0.281. The van der Waals surface area contributed by atoms with Gasteiger partial charge in [-0.15, -0.1) is 0 Å². The molecule has 2 aromatic rings. The SMILES string of the molecule is Nc1nc(Cl)nc2c1ncn2CCCCO. The van der Waals surface area contributed by atoms with E-state index in [2.05, 4.69) is 15.0 Å². The van der Waals surface area contributed by atoms with Gasteiger partial charge in [0.25, 0.3) is 0 Å². The lowest BCUT2D eigenvalue weighted by atomic mass is 10.3. The van der Waals surface area contributed by atoms with Gasteiger partial charge >= 0.3 is 0 Å². The Morgan fingerprint density at radius 1 is 1.38 bits per heavy atom. The van der Waals surface area contributed by atoms with Gasteiger partial charge in [0, 0.05) is 13.2 Å². The van der Waals surface area contributed by atoms with Crippen LogP contribution in [-0.2, 0) is 6.54 Å². The summed E-state index contributed by atoms with van der Waals surface area (Å²) in [6.45, 7) is 0.911. The Hall–Kier alpha value is -1.40. The van der Waals surface area contributed by atoms with Crippen LogP contribution in [-0.4, -0.2) is 31.2 Å². The lowest BCUT2D eigenvalue weighted by Gasteiger charge is -2.02. The van der Waals surface area contributed by atoms with Crippen molar-refractivity contribution in [2.24, 2.45) is 0 Å². The molecular weight excluding hydrogens is 230 g/mol. The molecule has 0 unspecified atom stereocenters. The Kier molecular flexibility index (Phi) is 3.21. The number of fused-ring (bicyclic) bond motifs is 1. The van der Waals surface area contributed by atoms with Crippen LogP contribution in [0, 0.1) is 0 Å². The highest BCUT2D eigenvalue weighted by Gasteiger charge is 2.09. The molecule has 6 nitrogen and oxygen atoms in total. The summed E-state index contributed by atoms with van der Waals surface area (Å²) < 4.78 is 1.86. The predicted molar refractivity (Wildman–Crippen MR) is 61.1 cm³/mol. The Labute approximate surface area is 97.1 Å². The van der Waals surface area contributed by atoms with Crippen molar-refractivity contribution in [2.45, 2.75) is 19.4 Å². The van der Waals surface area contributed by atoms with E-state index in [1.807, 2.05) is 4.57 Å². The maximum absolute atomic E-state index is 8.70. The van der Waals surface area contributed by atoms with Gasteiger partial charge in [0.15, 0.2) is 11.5 Å². The van der Waals surface area contributed by atoms with Crippen LogP contribution in [0.5, 0.6) is 0 Å². The number of nitrogen functional groups attached to an aromatic ring is 1. The van der Waals surface area contributed by atoms with Crippen molar-refractivity contribution >= 4 is 28.6 Å². The lowest BCUT2D eigenvalue weighted by Crippen LogP contribution is -2.01. The third kappa shape index (κ3) is 2.07. The fourth-order valence-corrected chi connectivity index (χ4v) is 1.67. The van der Waals surface area contributed by atoms with Gasteiger partial charge in [-0.1, -0.05) is 0 Å². The molecule has 0 fully saturated rings. The zero-order valence-corrected chi connectivity index (χ0v) is 9.35. The molecule has 2 heterocycles. The van der Waals surface area contributed by atoms with Crippen molar-refractivity contribution in [3.8, 4) is 0 Å². The van der Waals surface area contributed by atoms with E-state index < -0.39 is 0 Å². The molecule has 0 amide bonds. The number of aliphatic hydroxyl groups is 1. The van der Waals surface area contributed by atoms with Crippen LogP contribution < -0.4 is 5.73 Å².